The maximum atomic E-state index is 13.3. The van der Waals surface area contributed by atoms with E-state index in [2.05, 4.69) is 11.9 Å². The molecule has 1 fully saturated rings. The number of benzene rings is 1. The van der Waals surface area contributed by atoms with Crippen molar-refractivity contribution < 1.29 is 13.6 Å². The first-order valence-corrected chi connectivity index (χ1v) is 7.07. The maximum Gasteiger partial charge on any atom is 0.255 e. The fourth-order valence-corrected chi connectivity index (χ4v) is 2.67. The third kappa shape index (κ3) is 3.69. The van der Waals surface area contributed by atoms with Gasteiger partial charge in [-0.3, -0.25) is 4.79 Å². The molecule has 0 radical (unpaired) electrons. The lowest BCUT2D eigenvalue weighted by Gasteiger charge is -2.31. The fourth-order valence-electron chi connectivity index (χ4n) is 2.67. The van der Waals surface area contributed by atoms with Crippen LogP contribution in [-0.4, -0.2) is 49.4 Å². The molecule has 6 heteroatoms. The quantitative estimate of drug-likeness (QED) is 0.868. The summed E-state index contributed by atoms with van der Waals surface area (Å²) in [6.07, 6.45) is 2.06. The number of nitrogens with zero attached hydrogens (tertiary/aromatic N) is 2. The number of anilines is 1. The molecule has 0 unspecified atom stereocenters. The predicted molar refractivity (Wildman–Crippen MR) is 78.0 cm³/mol. The summed E-state index contributed by atoms with van der Waals surface area (Å²) in [5, 5.41) is 0. The summed E-state index contributed by atoms with van der Waals surface area (Å²) in [6, 6.07) is 1.73. The summed E-state index contributed by atoms with van der Waals surface area (Å²) in [5.74, 6) is -2.03. The van der Waals surface area contributed by atoms with Gasteiger partial charge < -0.3 is 15.5 Å². The minimum absolute atomic E-state index is 0.0179. The van der Waals surface area contributed by atoms with E-state index < -0.39 is 11.6 Å². The molecule has 1 aromatic carbocycles. The number of rotatable bonds is 3. The van der Waals surface area contributed by atoms with E-state index in [1.54, 1.807) is 11.9 Å². The Morgan fingerprint density at radius 3 is 2.52 bits per heavy atom. The molecule has 0 saturated carbocycles. The summed E-state index contributed by atoms with van der Waals surface area (Å²) < 4.78 is 26.3. The van der Waals surface area contributed by atoms with Crippen LogP contribution in [0.4, 0.5) is 14.5 Å². The maximum absolute atomic E-state index is 13.3. The first-order valence-electron chi connectivity index (χ1n) is 7.07. The van der Waals surface area contributed by atoms with E-state index in [0.717, 1.165) is 38.1 Å². The van der Waals surface area contributed by atoms with E-state index in [4.69, 9.17) is 5.73 Å². The van der Waals surface area contributed by atoms with Crippen LogP contribution in [0.3, 0.4) is 0 Å². The van der Waals surface area contributed by atoms with Crippen molar-refractivity contribution in [1.29, 1.82) is 0 Å². The highest BCUT2D eigenvalue weighted by Crippen LogP contribution is 2.21. The fraction of sp³-hybridized carbons (Fsp3) is 0.533. The number of amides is 1. The molecule has 21 heavy (non-hydrogen) atoms. The van der Waals surface area contributed by atoms with Crippen molar-refractivity contribution >= 4 is 11.6 Å². The van der Waals surface area contributed by atoms with Gasteiger partial charge >= 0.3 is 0 Å². The van der Waals surface area contributed by atoms with E-state index >= 15 is 0 Å². The summed E-state index contributed by atoms with van der Waals surface area (Å²) in [7, 11) is 3.74. The Morgan fingerprint density at radius 1 is 1.33 bits per heavy atom. The molecule has 0 bridgehead atoms. The largest absolute Gasteiger partial charge is 0.398 e. The number of likely N-dealkylation sites (tertiary alicyclic amines) is 1. The minimum Gasteiger partial charge on any atom is -0.398 e. The van der Waals surface area contributed by atoms with Gasteiger partial charge in [-0.15, -0.1) is 0 Å². The minimum atomic E-state index is -1.06. The van der Waals surface area contributed by atoms with Crippen molar-refractivity contribution in [3.8, 4) is 0 Å². The van der Waals surface area contributed by atoms with Gasteiger partial charge in [-0.2, -0.15) is 0 Å². The zero-order valence-corrected chi connectivity index (χ0v) is 12.4. The van der Waals surface area contributed by atoms with Crippen LogP contribution < -0.4 is 5.73 Å². The predicted octanol–water partition coefficient (Wildman–Crippen LogP) is 1.96. The Kier molecular flexibility index (Phi) is 4.77. The first-order chi connectivity index (χ1) is 9.88. The molecule has 0 aliphatic carbocycles. The summed E-state index contributed by atoms with van der Waals surface area (Å²) in [4.78, 5) is 16.1. The van der Waals surface area contributed by atoms with E-state index in [-0.39, 0.29) is 17.2 Å². The van der Waals surface area contributed by atoms with Crippen LogP contribution in [0.25, 0.3) is 0 Å². The SMILES string of the molecule is CN1CCC(CN(C)C(=O)c2cc(F)c(F)cc2N)CC1. The molecular weight excluding hydrogens is 276 g/mol. The molecule has 1 saturated heterocycles. The molecule has 1 amide bonds. The first kappa shape index (κ1) is 15.7. The number of carbonyl (C=O) groups excluding carboxylic acids is 1. The Bertz CT molecular complexity index is 528. The zero-order valence-electron chi connectivity index (χ0n) is 12.4. The normalized spacial score (nSPS) is 17.0. The van der Waals surface area contributed by atoms with E-state index in [0.29, 0.717) is 12.5 Å². The lowest BCUT2D eigenvalue weighted by Crippen LogP contribution is -2.38. The summed E-state index contributed by atoms with van der Waals surface area (Å²) in [6.45, 7) is 2.63. The van der Waals surface area contributed by atoms with Crippen LogP contribution in [0, 0.1) is 17.6 Å². The smallest absolute Gasteiger partial charge is 0.255 e. The number of nitrogens with two attached hydrogens (primary N) is 1. The van der Waals surface area contributed by atoms with Crippen LogP contribution in [0.5, 0.6) is 0 Å². The van der Waals surface area contributed by atoms with Gasteiger partial charge in [-0.25, -0.2) is 8.78 Å². The Morgan fingerprint density at radius 2 is 1.90 bits per heavy atom. The number of hydrogen-bond acceptors (Lipinski definition) is 3. The van der Waals surface area contributed by atoms with E-state index in [1.807, 2.05) is 0 Å². The molecule has 1 aliphatic heterocycles. The second-order valence-corrected chi connectivity index (χ2v) is 5.79. The van der Waals surface area contributed by atoms with Gasteiger partial charge in [0.25, 0.3) is 5.91 Å². The molecule has 4 nitrogen and oxygen atoms in total. The highest BCUT2D eigenvalue weighted by molar-refractivity contribution is 5.99. The average molecular weight is 297 g/mol. The topological polar surface area (TPSA) is 49.6 Å². The number of carbonyl (C=O) groups is 1. The van der Waals surface area contributed by atoms with E-state index in [1.165, 1.54) is 0 Å². The Labute approximate surface area is 123 Å². The van der Waals surface area contributed by atoms with Gasteiger partial charge in [-0.05, 0) is 45.0 Å². The van der Waals surface area contributed by atoms with Gasteiger partial charge in [0.15, 0.2) is 11.6 Å². The van der Waals surface area contributed by atoms with Crippen LogP contribution >= 0.6 is 0 Å². The molecule has 1 aromatic rings. The van der Waals surface area contributed by atoms with E-state index in [9.17, 15) is 13.6 Å². The lowest BCUT2D eigenvalue weighted by molar-refractivity contribution is 0.0747. The molecule has 1 aliphatic rings. The summed E-state index contributed by atoms with van der Waals surface area (Å²) >= 11 is 0. The van der Waals surface area contributed by atoms with Gasteiger partial charge in [-0.1, -0.05) is 0 Å². The van der Waals surface area contributed by atoms with Gasteiger partial charge in [0.2, 0.25) is 0 Å². The highest BCUT2D eigenvalue weighted by Gasteiger charge is 2.23. The molecule has 2 N–H and O–H groups in total. The van der Waals surface area contributed by atoms with Crippen LogP contribution in [-0.2, 0) is 0 Å². The number of halogens is 2. The Hall–Kier alpha value is -1.69. The molecule has 0 aromatic heterocycles. The number of piperidine rings is 1. The Balaban J connectivity index is 2.04. The lowest BCUT2D eigenvalue weighted by atomic mass is 9.96. The zero-order chi connectivity index (χ0) is 15.6. The van der Waals surface area contributed by atoms with Crippen molar-refractivity contribution in [3.05, 3.63) is 29.3 Å². The second kappa shape index (κ2) is 6.39. The third-order valence-corrected chi connectivity index (χ3v) is 4.04. The molecular formula is C15H21F2N3O. The van der Waals surface area contributed by atoms with Crippen molar-refractivity contribution in [1.82, 2.24) is 9.80 Å². The van der Waals surface area contributed by atoms with Gasteiger partial charge in [0.05, 0.1) is 5.56 Å². The highest BCUT2D eigenvalue weighted by atomic mass is 19.2. The molecule has 1 heterocycles. The number of nitrogen functional groups attached to an aromatic ring is 1. The third-order valence-electron chi connectivity index (χ3n) is 4.04. The monoisotopic (exact) mass is 297 g/mol. The molecule has 0 spiro atoms. The van der Waals surface area contributed by atoms with Crippen LogP contribution in [0.15, 0.2) is 12.1 Å². The van der Waals surface area contributed by atoms with Crippen LogP contribution in [0.1, 0.15) is 23.2 Å². The van der Waals surface area contributed by atoms with Gasteiger partial charge in [0, 0.05) is 25.3 Å². The summed E-state index contributed by atoms with van der Waals surface area (Å²) in [5.41, 5.74) is 5.60. The van der Waals surface area contributed by atoms with Crippen LogP contribution in [0.2, 0.25) is 0 Å². The number of hydrogen-bond donors (Lipinski definition) is 1. The average Bonchev–Trinajstić information content (AvgIpc) is 2.44. The van der Waals surface area contributed by atoms with Crippen molar-refractivity contribution in [3.63, 3.8) is 0 Å². The van der Waals surface area contributed by atoms with Crippen molar-refractivity contribution in [2.24, 2.45) is 5.92 Å². The molecule has 116 valence electrons. The van der Waals surface area contributed by atoms with Gasteiger partial charge in [0.1, 0.15) is 0 Å². The second-order valence-electron chi connectivity index (χ2n) is 5.79. The molecule has 0 atom stereocenters. The standard InChI is InChI=1S/C15H21F2N3O/c1-19-5-3-10(4-6-19)9-20(2)15(21)11-7-12(16)13(17)8-14(11)18/h7-8,10H,3-6,9,18H2,1-2H3. The molecule has 2 rings (SSSR count). The van der Waals surface area contributed by atoms with Crippen molar-refractivity contribution in [2.45, 2.75) is 12.8 Å². The van der Waals surface area contributed by atoms with Crippen molar-refractivity contribution in [2.75, 3.05) is 39.5 Å².